The molecule has 0 radical (unpaired) electrons. The van der Waals surface area contributed by atoms with Gasteiger partial charge in [0.1, 0.15) is 5.69 Å². The van der Waals surface area contributed by atoms with Gasteiger partial charge < -0.3 is 15.4 Å². The van der Waals surface area contributed by atoms with E-state index in [0.29, 0.717) is 0 Å². The monoisotopic (exact) mass is 381 g/mol. The lowest BCUT2D eigenvalue weighted by Gasteiger charge is -2.10. The van der Waals surface area contributed by atoms with Crippen LogP contribution in [0.4, 0.5) is 22.0 Å². The number of hydrogen-bond donors (Lipinski definition) is 2. The van der Waals surface area contributed by atoms with E-state index in [4.69, 9.17) is 0 Å². The van der Waals surface area contributed by atoms with Crippen LogP contribution in [0.25, 0.3) is 0 Å². The van der Waals surface area contributed by atoms with E-state index < -0.39 is 53.3 Å². The van der Waals surface area contributed by atoms with E-state index in [1.165, 1.54) is 22.2 Å². The summed E-state index contributed by atoms with van der Waals surface area (Å²) in [5, 5.41) is 5.82. The fourth-order valence-corrected chi connectivity index (χ4v) is 2.07. The highest BCUT2D eigenvalue weighted by Gasteiger charge is 2.27. The second-order valence-electron chi connectivity index (χ2n) is 4.34. The Morgan fingerprint density at radius 1 is 1.00 bits per heavy atom. The summed E-state index contributed by atoms with van der Waals surface area (Å²) in [4.78, 5) is 26.6. The number of nitrogens with zero attached hydrogens (tertiary/aromatic N) is 1. The van der Waals surface area contributed by atoms with Gasteiger partial charge in [-0.15, -0.1) is 11.3 Å². The molecule has 0 fully saturated rings. The first-order valence-corrected chi connectivity index (χ1v) is 7.34. The zero-order valence-corrected chi connectivity index (χ0v) is 12.9. The third kappa shape index (κ3) is 4.21. The molecule has 1 heterocycles. The Kier molecular flexibility index (Phi) is 5.85. The number of thiazole rings is 1. The van der Waals surface area contributed by atoms with Crippen molar-refractivity contribution in [3.8, 4) is 5.75 Å². The van der Waals surface area contributed by atoms with Crippen LogP contribution in [0.2, 0.25) is 0 Å². The molecular formula is C13H8F5N3O3S. The highest BCUT2D eigenvalue weighted by Crippen LogP contribution is 2.28. The Balaban J connectivity index is 1.87. The van der Waals surface area contributed by atoms with Crippen molar-refractivity contribution >= 4 is 23.2 Å². The maximum absolute atomic E-state index is 13.3. The first-order valence-electron chi connectivity index (χ1n) is 6.40. The van der Waals surface area contributed by atoms with Crippen molar-refractivity contribution < 1.29 is 36.3 Å². The van der Waals surface area contributed by atoms with E-state index >= 15 is 0 Å². The van der Waals surface area contributed by atoms with E-state index in [9.17, 15) is 31.5 Å². The molecule has 2 N–H and O–H groups in total. The van der Waals surface area contributed by atoms with Crippen LogP contribution in [-0.2, 0) is 4.79 Å². The molecule has 2 aromatic rings. The molecule has 2 amide bonds. The quantitative estimate of drug-likeness (QED) is 0.346. The van der Waals surface area contributed by atoms with Crippen LogP contribution >= 0.6 is 11.3 Å². The highest BCUT2D eigenvalue weighted by atomic mass is 32.1. The van der Waals surface area contributed by atoms with Crippen LogP contribution in [0.15, 0.2) is 10.9 Å². The molecule has 6 nitrogen and oxygen atoms in total. The summed E-state index contributed by atoms with van der Waals surface area (Å²) < 4.78 is 69.8. The summed E-state index contributed by atoms with van der Waals surface area (Å²) in [5.41, 5.74) is 1.54. The van der Waals surface area contributed by atoms with E-state index in [2.05, 4.69) is 20.4 Å². The number of amides is 2. The van der Waals surface area contributed by atoms with Crippen LogP contribution in [0.3, 0.4) is 0 Å². The average molecular weight is 381 g/mol. The minimum absolute atomic E-state index is 0.122. The molecule has 0 spiro atoms. The van der Waals surface area contributed by atoms with Crippen LogP contribution < -0.4 is 15.4 Å². The number of hydrogen-bond acceptors (Lipinski definition) is 5. The Morgan fingerprint density at radius 2 is 1.60 bits per heavy atom. The van der Waals surface area contributed by atoms with Gasteiger partial charge in [0.15, 0.2) is 12.4 Å². The van der Waals surface area contributed by atoms with Crippen molar-refractivity contribution in [1.29, 1.82) is 0 Å². The van der Waals surface area contributed by atoms with E-state index in [-0.39, 0.29) is 12.4 Å². The van der Waals surface area contributed by atoms with Gasteiger partial charge >= 0.3 is 0 Å². The lowest BCUT2D eigenvalue weighted by atomic mass is 10.2. The molecule has 0 saturated carbocycles. The van der Waals surface area contributed by atoms with Gasteiger partial charge in [-0.1, -0.05) is 0 Å². The largest absolute Gasteiger partial charge is 0.477 e. The molecule has 25 heavy (non-hydrogen) atoms. The molecule has 0 bridgehead atoms. The number of carbonyl (C=O) groups excluding carboxylic acids is 2. The number of carbonyl (C=O) groups is 2. The molecule has 1 aromatic heterocycles. The number of rotatable bonds is 6. The van der Waals surface area contributed by atoms with Crippen molar-refractivity contribution in [2.24, 2.45) is 0 Å². The number of benzene rings is 1. The lowest BCUT2D eigenvalue weighted by Crippen LogP contribution is -2.39. The molecule has 0 saturated heterocycles. The Hall–Kier alpha value is -2.76. The van der Waals surface area contributed by atoms with Crippen LogP contribution in [0, 0.1) is 29.1 Å². The zero-order valence-electron chi connectivity index (χ0n) is 12.0. The van der Waals surface area contributed by atoms with Crippen molar-refractivity contribution in [2.75, 3.05) is 13.3 Å². The van der Waals surface area contributed by atoms with Crippen molar-refractivity contribution in [1.82, 2.24) is 15.6 Å². The topological polar surface area (TPSA) is 80.3 Å². The summed E-state index contributed by atoms with van der Waals surface area (Å²) >= 11 is 1.18. The molecule has 2 rings (SSSR count). The fraction of sp³-hybridized carbons (Fsp3) is 0.154. The molecule has 12 heteroatoms. The molecule has 134 valence electrons. The minimum atomic E-state index is -2.34. The van der Waals surface area contributed by atoms with Gasteiger partial charge in [-0.05, 0) is 0 Å². The number of aromatic nitrogens is 1. The molecule has 0 aliphatic heterocycles. The number of ether oxygens (including phenoxy) is 1. The predicted molar refractivity (Wildman–Crippen MR) is 74.3 cm³/mol. The maximum Gasteiger partial charge on any atom is 0.272 e. The molecular weight excluding hydrogens is 373 g/mol. The van der Waals surface area contributed by atoms with E-state index in [0.717, 1.165) is 0 Å². The van der Waals surface area contributed by atoms with Gasteiger partial charge in [0, 0.05) is 5.38 Å². The summed E-state index contributed by atoms with van der Waals surface area (Å²) in [6, 6.07) is 0. The second-order valence-corrected chi connectivity index (χ2v) is 5.06. The fourth-order valence-electron chi connectivity index (χ4n) is 1.54. The molecule has 0 atom stereocenters. The molecule has 0 aliphatic carbocycles. The van der Waals surface area contributed by atoms with Gasteiger partial charge in [0.2, 0.25) is 29.1 Å². The Morgan fingerprint density at radius 3 is 2.16 bits per heavy atom. The normalized spacial score (nSPS) is 10.4. The van der Waals surface area contributed by atoms with Crippen LogP contribution in [0.5, 0.6) is 5.75 Å². The summed E-state index contributed by atoms with van der Waals surface area (Å²) in [6.07, 6.45) is 0. The number of nitrogens with one attached hydrogen (secondary N) is 2. The number of halogens is 5. The second kappa shape index (κ2) is 7.88. The SMILES string of the molecule is O=C(COc1c(F)c(F)c(F)c(F)c1F)NCNC(=O)c1cscn1. The van der Waals surface area contributed by atoms with Gasteiger partial charge in [-0.3, -0.25) is 9.59 Å². The average Bonchev–Trinajstić information content (AvgIpc) is 3.13. The third-order valence-corrected chi connectivity index (χ3v) is 3.30. The Labute approximate surface area is 140 Å². The predicted octanol–water partition coefficient (Wildman–Crippen LogP) is 1.72. The van der Waals surface area contributed by atoms with Gasteiger partial charge in [0.25, 0.3) is 11.8 Å². The lowest BCUT2D eigenvalue weighted by molar-refractivity contribution is -0.123. The van der Waals surface area contributed by atoms with E-state index in [1.807, 2.05) is 0 Å². The molecule has 0 unspecified atom stereocenters. The Bertz CT molecular complexity index is 772. The zero-order chi connectivity index (χ0) is 18.6. The third-order valence-electron chi connectivity index (χ3n) is 2.72. The standard InChI is InChI=1S/C13H8F5N3O3S/c14-7-8(15)10(17)12(11(18)9(7)16)24-1-6(22)19-3-20-13(23)5-2-25-4-21-5/h2,4H,1,3H2,(H,19,22)(H,20,23). The van der Waals surface area contributed by atoms with Crippen molar-refractivity contribution in [3.63, 3.8) is 0 Å². The van der Waals surface area contributed by atoms with Crippen LogP contribution in [0.1, 0.15) is 10.5 Å². The smallest absolute Gasteiger partial charge is 0.272 e. The van der Waals surface area contributed by atoms with Gasteiger partial charge in [0.05, 0.1) is 12.2 Å². The first kappa shape index (κ1) is 18.6. The minimum Gasteiger partial charge on any atom is -0.477 e. The molecule has 1 aromatic carbocycles. The summed E-state index contributed by atoms with van der Waals surface area (Å²) in [7, 11) is 0. The summed E-state index contributed by atoms with van der Waals surface area (Å²) in [5.74, 6) is -14.2. The first-order chi connectivity index (χ1) is 11.8. The van der Waals surface area contributed by atoms with E-state index in [1.54, 1.807) is 0 Å². The van der Waals surface area contributed by atoms with Crippen molar-refractivity contribution in [2.45, 2.75) is 0 Å². The molecule has 0 aliphatic rings. The maximum atomic E-state index is 13.3. The van der Waals surface area contributed by atoms with Gasteiger partial charge in [-0.25, -0.2) is 18.2 Å². The highest BCUT2D eigenvalue weighted by molar-refractivity contribution is 7.07. The van der Waals surface area contributed by atoms with Crippen LogP contribution in [-0.4, -0.2) is 30.1 Å². The summed E-state index contributed by atoms with van der Waals surface area (Å²) in [6.45, 7) is -1.40. The van der Waals surface area contributed by atoms with Crippen molar-refractivity contribution in [3.05, 3.63) is 45.7 Å². The van der Waals surface area contributed by atoms with Gasteiger partial charge in [-0.2, -0.15) is 8.78 Å².